The van der Waals surface area contributed by atoms with E-state index in [0.717, 1.165) is 31.8 Å². The largest absolute Gasteiger partial charge is 0.478 e. The maximum Gasteiger partial charge on any atom is 0.335 e. The van der Waals surface area contributed by atoms with Crippen LogP contribution >= 0.6 is 0 Å². The topological polar surface area (TPSA) is 57.6 Å². The van der Waals surface area contributed by atoms with Crippen molar-refractivity contribution in [2.24, 2.45) is 5.92 Å². The third-order valence-electron chi connectivity index (χ3n) is 3.96. The number of benzene rings is 1. The molecule has 4 nitrogen and oxygen atoms in total. The van der Waals surface area contributed by atoms with Crippen molar-refractivity contribution >= 4 is 11.9 Å². The summed E-state index contributed by atoms with van der Waals surface area (Å²) in [7, 11) is 0. The van der Waals surface area contributed by atoms with Crippen LogP contribution in [0.2, 0.25) is 0 Å². The maximum atomic E-state index is 12.4. The lowest BCUT2D eigenvalue weighted by atomic mass is 9.92. The van der Waals surface area contributed by atoms with Gasteiger partial charge in [0.15, 0.2) is 0 Å². The maximum absolute atomic E-state index is 12.4. The second kappa shape index (κ2) is 6.55. The molecule has 0 unspecified atom stereocenters. The first-order valence-corrected chi connectivity index (χ1v) is 7.24. The Kier molecular flexibility index (Phi) is 4.77. The Morgan fingerprint density at radius 1 is 1.25 bits per heavy atom. The van der Waals surface area contributed by atoms with Crippen LogP contribution in [0.15, 0.2) is 24.3 Å². The second-order valence-electron chi connectivity index (χ2n) is 5.41. The minimum atomic E-state index is -0.999. The molecule has 0 radical (unpaired) electrons. The summed E-state index contributed by atoms with van der Waals surface area (Å²) >= 11 is 0. The molecule has 0 aliphatic carbocycles. The predicted molar refractivity (Wildman–Crippen MR) is 76.9 cm³/mol. The van der Waals surface area contributed by atoms with Gasteiger partial charge in [-0.05, 0) is 37.0 Å². The molecule has 1 aromatic carbocycles. The van der Waals surface area contributed by atoms with Gasteiger partial charge in [0.1, 0.15) is 0 Å². The number of rotatable bonds is 4. The van der Waals surface area contributed by atoms with E-state index in [1.165, 1.54) is 25.0 Å². The van der Waals surface area contributed by atoms with Gasteiger partial charge in [0.2, 0.25) is 0 Å². The number of piperidine rings is 1. The van der Waals surface area contributed by atoms with E-state index in [0.29, 0.717) is 5.56 Å². The first-order chi connectivity index (χ1) is 9.61. The van der Waals surface area contributed by atoms with Gasteiger partial charge in [-0.3, -0.25) is 4.79 Å². The summed E-state index contributed by atoms with van der Waals surface area (Å²) in [6.45, 7) is 3.75. The van der Waals surface area contributed by atoms with Crippen LogP contribution in [0.1, 0.15) is 53.3 Å². The molecule has 0 saturated carbocycles. The Labute approximate surface area is 119 Å². The van der Waals surface area contributed by atoms with Crippen molar-refractivity contribution in [1.82, 2.24) is 4.90 Å². The molecule has 0 bridgehead atoms. The van der Waals surface area contributed by atoms with Gasteiger partial charge in [-0.25, -0.2) is 4.79 Å². The zero-order valence-corrected chi connectivity index (χ0v) is 11.8. The lowest BCUT2D eigenvalue weighted by molar-refractivity contribution is 0.0686. The summed E-state index contributed by atoms with van der Waals surface area (Å²) in [6.07, 6.45) is 4.53. The summed E-state index contributed by atoms with van der Waals surface area (Å²) in [6, 6.07) is 6.28. The van der Waals surface area contributed by atoms with Crippen LogP contribution in [0.3, 0.4) is 0 Å². The molecular weight excluding hydrogens is 254 g/mol. The molecule has 1 amide bonds. The van der Waals surface area contributed by atoms with Crippen LogP contribution in [0.25, 0.3) is 0 Å². The molecule has 2 rings (SSSR count). The first-order valence-electron chi connectivity index (χ1n) is 7.24. The molecule has 0 spiro atoms. The van der Waals surface area contributed by atoms with Gasteiger partial charge >= 0.3 is 5.97 Å². The normalized spacial score (nSPS) is 16.1. The number of carbonyl (C=O) groups is 2. The molecule has 1 aromatic rings. The van der Waals surface area contributed by atoms with Crippen LogP contribution in [-0.2, 0) is 0 Å². The lowest BCUT2D eigenvalue weighted by Gasteiger charge is -2.32. The third-order valence-corrected chi connectivity index (χ3v) is 3.96. The fourth-order valence-electron chi connectivity index (χ4n) is 2.80. The number of carboxylic acids is 1. The van der Waals surface area contributed by atoms with Crippen LogP contribution in [0, 0.1) is 5.92 Å². The van der Waals surface area contributed by atoms with Crippen LogP contribution in [-0.4, -0.2) is 35.0 Å². The van der Waals surface area contributed by atoms with E-state index in [-0.39, 0.29) is 11.5 Å². The third kappa shape index (κ3) is 3.38. The Hall–Kier alpha value is -1.84. The molecule has 0 atom stereocenters. The van der Waals surface area contributed by atoms with Crippen molar-refractivity contribution in [3.63, 3.8) is 0 Å². The highest BCUT2D eigenvalue weighted by atomic mass is 16.4. The molecule has 108 valence electrons. The highest BCUT2D eigenvalue weighted by Crippen LogP contribution is 2.23. The summed E-state index contributed by atoms with van der Waals surface area (Å²) in [5.74, 6) is -0.321. The number of carboxylic acid groups (broad SMARTS) is 1. The number of carbonyl (C=O) groups excluding carboxylic acids is 1. The lowest BCUT2D eigenvalue weighted by Crippen LogP contribution is -2.38. The van der Waals surface area contributed by atoms with Crippen LogP contribution < -0.4 is 0 Å². The number of nitrogens with zero attached hydrogens (tertiary/aromatic N) is 1. The zero-order chi connectivity index (χ0) is 14.5. The molecular formula is C16H21NO3. The molecule has 4 heteroatoms. The number of likely N-dealkylation sites (tertiary alicyclic amines) is 1. The van der Waals surface area contributed by atoms with E-state index >= 15 is 0 Å². The Balaban J connectivity index is 2.02. The quantitative estimate of drug-likeness (QED) is 0.918. The van der Waals surface area contributed by atoms with Crippen molar-refractivity contribution in [2.75, 3.05) is 13.1 Å². The monoisotopic (exact) mass is 275 g/mol. The SMILES string of the molecule is CCCC1CCN(C(=O)c2cccc(C(=O)O)c2)CC1. The minimum Gasteiger partial charge on any atom is -0.478 e. The summed E-state index contributed by atoms with van der Waals surface area (Å²) < 4.78 is 0. The average Bonchev–Trinajstić information content (AvgIpc) is 2.48. The Morgan fingerprint density at radius 3 is 2.50 bits per heavy atom. The highest BCUT2D eigenvalue weighted by Gasteiger charge is 2.23. The molecule has 1 saturated heterocycles. The van der Waals surface area contributed by atoms with Gasteiger partial charge in [-0.2, -0.15) is 0 Å². The van der Waals surface area contributed by atoms with Gasteiger partial charge in [-0.1, -0.05) is 25.8 Å². The van der Waals surface area contributed by atoms with Crippen LogP contribution in [0.5, 0.6) is 0 Å². The Morgan fingerprint density at radius 2 is 1.90 bits per heavy atom. The van der Waals surface area contributed by atoms with Crippen molar-refractivity contribution < 1.29 is 14.7 Å². The van der Waals surface area contributed by atoms with E-state index in [4.69, 9.17) is 5.11 Å². The van der Waals surface area contributed by atoms with E-state index in [1.54, 1.807) is 12.1 Å². The molecule has 0 aromatic heterocycles. The van der Waals surface area contributed by atoms with Crippen molar-refractivity contribution in [2.45, 2.75) is 32.6 Å². The molecule has 1 fully saturated rings. The second-order valence-corrected chi connectivity index (χ2v) is 5.41. The van der Waals surface area contributed by atoms with Gasteiger partial charge < -0.3 is 10.0 Å². The Bertz CT molecular complexity index is 490. The first kappa shape index (κ1) is 14.6. The average molecular weight is 275 g/mol. The van der Waals surface area contributed by atoms with Gasteiger partial charge in [0, 0.05) is 18.7 Å². The summed E-state index contributed by atoms with van der Waals surface area (Å²) in [5.41, 5.74) is 0.635. The standard InChI is InChI=1S/C16H21NO3/c1-2-4-12-7-9-17(10-8-12)15(18)13-5-3-6-14(11-13)16(19)20/h3,5-6,11-12H,2,4,7-10H2,1H3,(H,19,20). The number of amides is 1. The van der Waals surface area contributed by atoms with E-state index in [2.05, 4.69) is 6.92 Å². The number of hydrogen-bond donors (Lipinski definition) is 1. The smallest absolute Gasteiger partial charge is 0.335 e. The molecule has 1 aliphatic rings. The highest BCUT2D eigenvalue weighted by molar-refractivity contribution is 5.97. The fourth-order valence-corrected chi connectivity index (χ4v) is 2.80. The minimum absolute atomic E-state index is 0.0527. The fraction of sp³-hybridized carbons (Fsp3) is 0.500. The molecule has 1 N–H and O–H groups in total. The van der Waals surface area contributed by atoms with Gasteiger partial charge in [0.05, 0.1) is 5.56 Å². The van der Waals surface area contributed by atoms with E-state index in [9.17, 15) is 9.59 Å². The van der Waals surface area contributed by atoms with Crippen LogP contribution in [0.4, 0.5) is 0 Å². The van der Waals surface area contributed by atoms with Gasteiger partial charge in [-0.15, -0.1) is 0 Å². The van der Waals surface area contributed by atoms with Crippen molar-refractivity contribution in [3.05, 3.63) is 35.4 Å². The van der Waals surface area contributed by atoms with E-state index < -0.39 is 5.97 Å². The van der Waals surface area contributed by atoms with Crippen molar-refractivity contribution in [3.8, 4) is 0 Å². The predicted octanol–water partition coefficient (Wildman–Crippen LogP) is 3.04. The number of aromatic carboxylic acids is 1. The molecule has 20 heavy (non-hydrogen) atoms. The van der Waals surface area contributed by atoms with E-state index in [1.807, 2.05) is 4.90 Å². The molecule has 1 heterocycles. The molecule has 1 aliphatic heterocycles. The van der Waals surface area contributed by atoms with Gasteiger partial charge in [0.25, 0.3) is 5.91 Å². The van der Waals surface area contributed by atoms with Crippen molar-refractivity contribution in [1.29, 1.82) is 0 Å². The zero-order valence-electron chi connectivity index (χ0n) is 11.8. The summed E-state index contributed by atoms with van der Waals surface area (Å²) in [5, 5.41) is 8.97. The number of hydrogen-bond acceptors (Lipinski definition) is 2. The summed E-state index contributed by atoms with van der Waals surface area (Å²) in [4.78, 5) is 25.2.